The molecule has 1 saturated heterocycles. The highest BCUT2D eigenvalue weighted by molar-refractivity contribution is 7.09. The van der Waals surface area contributed by atoms with Crippen LogP contribution in [0.4, 0.5) is 11.6 Å². The van der Waals surface area contributed by atoms with E-state index in [9.17, 15) is 0 Å². The predicted octanol–water partition coefficient (Wildman–Crippen LogP) is 3.03. The molecular weight excluding hydrogens is 332 g/mol. The van der Waals surface area contributed by atoms with Crippen LogP contribution < -0.4 is 15.5 Å². The number of anilines is 2. The lowest BCUT2D eigenvalue weighted by molar-refractivity contribution is 0.558. The van der Waals surface area contributed by atoms with Gasteiger partial charge in [0.15, 0.2) is 0 Å². The molecule has 1 atom stereocenters. The van der Waals surface area contributed by atoms with Crippen molar-refractivity contribution in [3.63, 3.8) is 0 Å². The van der Waals surface area contributed by atoms with E-state index in [1.165, 1.54) is 17.8 Å². The highest BCUT2D eigenvalue weighted by atomic mass is 32.1. The molecular formula is C18H28N6S. The molecule has 0 bridgehead atoms. The highest BCUT2D eigenvalue weighted by Crippen LogP contribution is 2.26. The van der Waals surface area contributed by atoms with Crippen molar-refractivity contribution < 1.29 is 0 Å². The van der Waals surface area contributed by atoms with Gasteiger partial charge in [0.25, 0.3) is 0 Å². The Hall–Kier alpha value is -1.73. The third-order valence-electron chi connectivity index (χ3n) is 4.46. The van der Waals surface area contributed by atoms with E-state index in [0.717, 1.165) is 37.0 Å². The summed E-state index contributed by atoms with van der Waals surface area (Å²) in [6, 6.07) is 2.49. The molecule has 0 radical (unpaired) electrons. The predicted molar refractivity (Wildman–Crippen MR) is 104 cm³/mol. The molecule has 2 N–H and O–H groups in total. The molecule has 7 heteroatoms. The van der Waals surface area contributed by atoms with Crippen LogP contribution in [0.25, 0.3) is 0 Å². The van der Waals surface area contributed by atoms with E-state index in [2.05, 4.69) is 51.7 Å². The minimum absolute atomic E-state index is 0.128. The normalized spacial score (nSPS) is 17.9. The van der Waals surface area contributed by atoms with Crippen molar-refractivity contribution in [2.75, 3.05) is 30.4 Å². The molecule has 1 aliphatic heterocycles. The van der Waals surface area contributed by atoms with Crippen LogP contribution in [-0.2, 0) is 12.0 Å². The smallest absolute Gasteiger partial charge is 0.134 e. The van der Waals surface area contributed by atoms with Crippen LogP contribution in [0, 0.1) is 0 Å². The SMILES string of the molecule is CNc1cc(N2CCCC2CNCc2csc(C(C)(C)C)n2)ncn1. The zero-order chi connectivity index (χ0) is 17.9. The molecule has 1 unspecified atom stereocenters. The molecule has 25 heavy (non-hydrogen) atoms. The van der Waals surface area contributed by atoms with Gasteiger partial charge in [-0.2, -0.15) is 0 Å². The van der Waals surface area contributed by atoms with Gasteiger partial charge in [0.1, 0.15) is 18.0 Å². The molecule has 3 rings (SSSR count). The number of rotatable bonds is 6. The molecule has 2 aromatic heterocycles. The molecule has 0 saturated carbocycles. The monoisotopic (exact) mass is 360 g/mol. The van der Waals surface area contributed by atoms with Crippen LogP contribution in [-0.4, -0.2) is 41.1 Å². The summed E-state index contributed by atoms with van der Waals surface area (Å²) in [6.45, 7) is 9.45. The number of hydrogen-bond donors (Lipinski definition) is 2. The van der Waals surface area contributed by atoms with E-state index >= 15 is 0 Å². The van der Waals surface area contributed by atoms with Crippen LogP contribution in [0.15, 0.2) is 17.8 Å². The van der Waals surface area contributed by atoms with Gasteiger partial charge in [0, 0.05) is 49.6 Å². The first-order chi connectivity index (χ1) is 12.0. The van der Waals surface area contributed by atoms with Crippen molar-refractivity contribution in [1.82, 2.24) is 20.3 Å². The van der Waals surface area contributed by atoms with Gasteiger partial charge in [-0.15, -0.1) is 11.3 Å². The number of nitrogens with one attached hydrogen (secondary N) is 2. The minimum atomic E-state index is 0.128. The maximum Gasteiger partial charge on any atom is 0.134 e. The number of nitrogens with zero attached hydrogens (tertiary/aromatic N) is 4. The van der Waals surface area contributed by atoms with Crippen LogP contribution in [0.3, 0.4) is 0 Å². The van der Waals surface area contributed by atoms with Crippen LogP contribution in [0.1, 0.15) is 44.3 Å². The first-order valence-corrected chi connectivity index (χ1v) is 9.77. The third-order valence-corrected chi connectivity index (χ3v) is 5.78. The summed E-state index contributed by atoms with van der Waals surface area (Å²) >= 11 is 1.76. The topological polar surface area (TPSA) is 66.0 Å². The molecule has 0 amide bonds. The van der Waals surface area contributed by atoms with E-state index in [1.807, 2.05) is 13.1 Å². The van der Waals surface area contributed by atoms with E-state index in [-0.39, 0.29) is 5.41 Å². The Bertz CT molecular complexity index is 693. The summed E-state index contributed by atoms with van der Waals surface area (Å²) in [6.07, 6.45) is 4.03. The van der Waals surface area contributed by atoms with E-state index in [4.69, 9.17) is 4.98 Å². The van der Waals surface area contributed by atoms with Gasteiger partial charge in [-0.25, -0.2) is 15.0 Å². The van der Waals surface area contributed by atoms with Crippen molar-refractivity contribution in [2.45, 2.75) is 51.6 Å². The zero-order valence-electron chi connectivity index (χ0n) is 15.5. The fourth-order valence-corrected chi connectivity index (χ4v) is 4.00. The standard InChI is InChI=1S/C18H28N6S/c1-18(2,3)17-23-13(11-25-17)9-20-10-14-6-5-7-24(14)16-8-15(19-4)21-12-22-16/h8,11-12,14,20H,5-7,9-10H2,1-4H3,(H,19,21,22). The summed E-state index contributed by atoms with van der Waals surface area (Å²) in [7, 11) is 1.88. The Kier molecular flexibility index (Phi) is 5.54. The molecule has 1 aliphatic rings. The number of hydrogen-bond acceptors (Lipinski definition) is 7. The van der Waals surface area contributed by atoms with Crippen molar-refractivity contribution in [3.05, 3.63) is 28.5 Å². The number of aromatic nitrogens is 3. The third kappa shape index (κ3) is 4.46. The maximum absolute atomic E-state index is 4.76. The average molecular weight is 361 g/mol. The zero-order valence-corrected chi connectivity index (χ0v) is 16.4. The van der Waals surface area contributed by atoms with Gasteiger partial charge in [0.05, 0.1) is 10.7 Å². The van der Waals surface area contributed by atoms with Gasteiger partial charge < -0.3 is 15.5 Å². The van der Waals surface area contributed by atoms with E-state index < -0.39 is 0 Å². The Morgan fingerprint density at radius 3 is 2.88 bits per heavy atom. The van der Waals surface area contributed by atoms with Gasteiger partial charge in [-0.1, -0.05) is 20.8 Å². The molecule has 1 fully saturated rings. The summed E-state index contributed by atoms with van der Waals surface area (Å²) in [4.78, 5) is 15.8. The van der Waals surface area contributed by atoms with Crippen LogP contribution >= 0.6 is 11.3 Å². The molecule has 0 aromatic carbocycles. The Morgan fingerprint density at radius 2 is 2.16 bits per heavy atom. The van der Waals surface area contributed by atoms with Gasteiger partial charge in [0.2, 0.25) is 0 Å². The first kappa shape index (κ1) is 18.1. The lowest BCUT2D eigenvalue weighted by Gasteiger charge is -2.26. The van der Waals surface area contributed by atoms with Gasteiger partial charge in [-0.05, 0) is 12.8 Å². The van der Waals surface area contributed by atoms with Crippen molar-refractivity contribution in [2.24, 2.45) is 0 Å². The Balaban J connectivity index is 1.56. The average Bonchev–Trinajstić information content (AvgIpc) is 3.24. The summed E-state index contributed by atoms with van der Waals surface area (Å²) < 4.78 is 0. The van der Waals surface area contributed by atoms with Gasteiger partial charge >= 0.3 is 0 Å². The largest absolute Gasteiger partial charge is 0.373 e. The Labute approximate surface area is 154 Å². The lowest BCUT2D eigenvalue weighted by atomic mass is 9.98. The first-order valence-electron chi connectivity index (χ1n) is 8.89. The Morgan fingerprint density at radius 1 is 1.32 bits per heavy atom. The summed E-state index contributed by atoms with van der Waals surface area (Å²) in [5.41, 5.74) is 1.27. The van der Waals surface area contributed by atoms with E-state index in [0.29, 0.717) is 6.04 Å². The second-order valence-corrected chi connectivity index (χ2v) is 8.38. The second kappa shape index (κ2) is 7.66. The van der Waals surface area contributed by atoms with Crippen LogP contribution in [0.5, 0.6) is 0 Å². The van der Waals surface area contributed by atoms with Crippen LogP contribution in [0.2, 0.25) is 0 Å². The summed E-state index contributed by atoms with van der Waals surface area (Å²) in [5.74, 6) is 1.87. The molecule has 2 aromatic rings. The number of thiazole rings is 1. The molecule has 3 heterocycles. The molecule has 0 aliphatic carbocycles. The van der Waals surface area contributed by atoms with Crippen molar-refractivity contribution in [3.8, 4) is 0 Å². The van der Waals surface area contributed by atoms with Gasteiger partial charge in [-0.3, -0.25) is 0 Å². The minimum Gasteiger partial charge on any atom is -0.373 e. The fraction of sp³-hybridized carbons (Fsp3) is 0.611. The molecule has 6 nitrogen and oxygen atoms in total. The quantitative estimate of drug-likeness (QED) is 0.825. The molecule has 136 valence electrons. The highest BCUT2D eigenvalue weighted by Gasteiger charge is 2.25. The van der Waals surface area contributed by atoms with Crippen molar-refractivity contribution in [1.29, 1.82) is 0 Å². The maximum atomic E-state index is 4.76. The molecule has 0 spiro atoms. The second-order valence-electron chi connectivity index (χ2n) is 7.53. The lowest BCUT2D eigenvalue weighted by Crippen LogP contribution is -2.38. The van der Waals surface area contributed by atoms with Crippen molar-refractivity contribution >= 4 is 23.0 Å². The fourth-order valence-electron chi connectivity index (χ4n) is 3.09. The summed E-state index contributed by atoms with van der Waals surface area (Å²) in [5, 5.41) is 10.0. The van der Waals surface area contributed by atoms with E-state index in [1.54, 1.807) is 17.7 Å².